The van der Waals surface area contributed by atoms with Crippen LogP contribution < -0.4 is 4.74 Å². The Labute approximate surface area is 195 Å². The van der Waals surface area contributed by atoms with Crippen molar-refractivity contribution in [3.05, 3.63) is 65.9 Å². The van der Waals surface area contributed by atoms with Crippen LogP contribution in [0.2, 0.25) is 0 Å². The minimum Gasteiger partial charge on any atom is -0.490 e. The molecule has 1 fully saturated rings. The van der Waals surface area contributed by atoms with Gasteiger partial charge in [-0.3, -0.25) is 9.48 Å². The average molecular weight is 448 g/mol. The van der Waals surface area contributed by atoms with Gasteiger partial charge in [0.05, 0.1) is 23.8 Å². The zero-order chi connectivity index (χ0) is 23.2. The molecular weight excluding hydrogens is 414 g/mol. The van der Waals surface area contributed by atoms with Crippen LogP contribution in [-0.4, -0.2) is 33.2 Å². The monoisotopic (exact) mass is 447 g/mol. The molecule has 0 saturated heterocycles. The third kappa shape index (κ3) is 6.01. The number of carbonyl (C=O) groups is 1. The molecule has 0 amide bonds. The third-order valence-corrected chi connectivity index (χ3v) is 6.18. The second-order valence-corrected chi connectivity index (χ2v) is 9.11. The summed E-state index contributed by atoms with van der Waals surface area (Å²) in [5.74, 6) is 0.646. The molecule has 1 heterocycles. The molecule has 1 aromatic heterocycles. The van der Waals surface area contributed by atoms with Crippen molar-refractivity contribution in [1.82, 2.24) is 15.0 Å². The maximum atomic E-state index is 12.3. The zero-order valence-electron chi connectivity index (χ0n) is 19.7. The van der Waals surface area contributed by atoms with Crippen LogP contribution in [0.25, 0.3) is 11.3 Å². The van der Waals surface area contributed by atoms with Crippen LogP contribution in [0.4, 0.5) is 0 Å². The molecule has 3 aromatic rings. The molecule has 0 spiro atoms. The number of aromatic nitrogens is 3. The topological polar surface area (TPSA) is 66.2 Å². The van der Waals surface area contributed by atoms with E-state index >= 15 is 0 Å². The van der Waals surface area contributed by atoms with Gasteiger partial charge in [-0.25, -0.2) is 0 Å². The quantitative estimate of drug-likeness (QED) is 0.447. The van der Waals surface area contributed by atoms with Crippen LogP contribution >= 0.6 is 0 Å². The van der Waals surface area contributed by atoms with Crippen molar-refractivity contribution in [2.75, 3.05) is 0 Å². The van der Waals surface area contributed by atoms with E-state index in [1.165, 1.54) is 5.56 Å². The van der Waals surface area contributed by atoms with Gasteiger partial charge in [-0.1, -0.05) is 35.5 Å². The number of hydrogen-bond acceptors (Lipinski definition) is 5. The Kier molecular flexibility index (Phi) is 7.43. The SMILES string of the molecule is CC(C)OC(=O)[C@H]1CCCC(Oc2ccc(-c3nnn(C)c3CCc3ccccc3)cc2)C1. The lowest BCUT2D eigenvalue weighted by molar-refractivity contribution is -0.154. The van der Waals surface area contributed by atoms with Crippen LogP contribution in [0, 0.1) is 5.92 Å². The normalized spacial score (nSPS) is 18.3. The Morgan fingerprint density at radius 1 is 1.06 bits per heavy atom. The predicted molar refractivity (Wildman–Crippen MR) is 128 cm³/mol. The summed E-state index contributed by atoms with van der Waals surface area (Å²) in [5, 5.41) is 8.68. The van der Waals surface area contributed by atoms with Gasteiger partial charge in [0.15, 0.2) is 0 Å². The van der Waals surface area contributed by atoms with Crippen molar-refractivity contribution in [3.63, 3.8) is 0 Å². The van der Waals surface area contributed by atoms with Crippen molar-refractivity contribution in [1.29, 1.82) is 0 Å². The smallest absolute Gasteiger partial charge is 0.309 e. The molecule has 0 radical (unpaired) electrons. The van der Waals surface area contributed by atoms with Crippen LogP contribution in [-0.2, 0) is 29.4 Å². The van der Waals surface area contributed by atoms with Crippen LogP contribution in [0.3, 0.4) is 0 Å². The molecule has 0 aliphatic heterocycles. The number of ether oxygens (including phenoxy) is 2. The van der Waals surface area contributed by atoms with E-state index in [-0.39, 0.29) is 24.1 Å². The first-order valence-corrected chi connectivity index (χ1v) is 11.9. The highest BCUT2D eigenvalue weighted by atomic mass is 16.5. The summed E-state index contributed by atoms with van der Waals surface area (Å²) in [4.78, 5) is 12.3. The molecule has 174 valence electrons. The van der Waals surface area contributed by atoms with Gasteiger partial charge in [0.25, 0.3) is 0 Å². The van der Waals surface area contributed by atoms with Gasteiger partial charge in [-0.15, -0.1) is 5.10 Å². The van der Waals surface area contributed by atoms with E-state index in [0.717, 1.165) is 54.8 Å². The molecule has 2 atom stereocenters. The number of benzene rings is 2. The number of rotatable bonds is 8. The van der Waals surface area contributed by atoms with Gasteiger partial charge < -0.3 is 9.47 Å². The minimum absolute atomic E-state index is 0.0345. The van der Waals surface area contributed by atoms with Gasteiger partial charge in [0.2, 0.25) is 0 Å². The van der Waals surface area contributed by atoms with Crippen molar-refractivity contribution in [3.8, 4) is 17.0 Å². The van der Waals surface area contributed by atoms with Crippen molar-refractivity contribution in [2.45, 2.75) is 64.6 Å². The number of hydrogen-bond donors (Lipinski definition) is 0. The Bertz CT molecular complexity index is 1040. The molecule has 0 N–H and O–H groups in total. The Hall–Kier alpha value is -3.15. The fourth-order valence-corrected chi connectivity index (χ4v) is 4.47. The van der Waals surface area contributed by atoms with Gasteiger partial charge in [0, 0.05) is 12.6 Å². The second kappa shape index (κ2) is 10.6. The van der Waals surface area contributed by atoms with Crippen LogP contribution in [0.15, 0.2) is 54.6 Å². The summed E-state index contributed by atoms with van der Waals surface area (Å²) < 4.78 is 13.5. The first kappa shape index (κ1) is 23.0. The first-order valence-electron chi connectivity index (χ1n) is 11.9. The van der Waals surface area contributed by atoms with E-state index in [1.54, 1.807) is 0 Å². The van der Waals surface area contributed by atoms with Crippen molar-refractivity contribution < 1.29 is 14.3 Å². The summed E-state index contributed by atoms with van der Waals surface area (Å²) in [5.41, 5.74) is 4.36. The maximum Gasteiger partial charge on any atom is 0.309 e. The van der Waals surface area contributed by atoms with E-state index in [0.29, 0.717) is 6.42 Å². The lowest BCUT2D eigenvalue weighted by Crippen LogP contribution is -2.31. The van der Waals surface area contributed by atoms with Gasteiger partial charge >= 0.3 is 5.97 Å². The van der Waals surface area contributed by atoms with E-state index < -0.39 is 0 Å². The highest BCUT2D eigenvalue weighted by molar-refractivity contribution is 5.72. The van der Waals surface area contributed by atoms with Crippen LogP contribution in [0.5, 0.6) is 5.75 Å². The highest BCUT2D eigenvalue weighted by Gasteiger charge is 2.30. The van der Waals surface area contributed by atoms with E-state index in [1.807, 2.05) is 55.9 Å². The largest absolute Gasteiger partial charge is 0.490 e. The second-order valence-electron chi connectivity index (χ2n) is 9.11. The minimum atomic E-state index is -0.0978. The number of aryl methyl sites for hydroxylation is 2. The Balaban J connectivity index is 1.39. The van der Waals surface area contributed by atoms with Gasteiger partial charge in [-0.2, -0.15) is 0 Å². The fourth-order valence-electron chi connectivity index (χ4n) is 4.47. The van der Waals surface area contributed by atoms with Crippen molar-refractivity contribution in [2.24, 2.45) is 13.0 Å². The standard InChI is InChI=1S/C27H33N3O3/c1-19(2)32-27(31)22-10-7-11-24(18-22)33-23-15-13-21(14-16-23)26-25(30(3)29-28-26)17-12-20-8-5-4-6-9-20/h4-6,8-9,13-16,19,22,24H,7,10-12,17-18H2,1-3H3/t22-,24?/m0/s1. The molecule has 4 rings (SSSR count). The molecule has 1 saturated carbocycles. The maximum absolute atomic E-state index is 12.3. The summed E-state index contributed by atoms with van der Waals surface area (Å²) >= 11 is 0. The molecule has 0 bridgehead atoms. The first-order chi connectivity index (χ1) is 16.0. The van der Waals surface area contributed by atoms with Gasteiger partial charge in [-0.05, 0) is 82.2 Å². The molecule has 2 aromatic carbocycles. The molecule has 33 heavy (non-hydrogen) atoms. The highest BCUT2D eigenvalue weighted by Crippen LogP contribution is 2.30. The summed E-state index contributed by atoms with van der Waals surface area (Å²) in [6, 6.07) is 18.5. The average Bonchev–Trinajstić information content (AvgIpc) is 3.19. The molecule has 1 aliphatic rings. The molecule has 6 nitrogen and oxygen atoms in total. The molecule has 1 aliphatic carbocycles. The molecule has 6 heteroatoms. The number of nitrogens with zero attached hydrogens (tertiary/aromatic N) is 3. The predicted octanol–water partition coefficient (Wildman–Crippen LogP) is 5.16. The summed E-state index contributed by atoms with van der Waals surface area (Å²) in [6.07, 6.45) is 5.29. The van der Waals surface area contributed by atoms with E-state index in [2.05, 4.69) is 34.6 Å². The fraction of sp³-hybridized carbons (Fsp3) is 0.444. The lowest BCUT2D eigenvalue weighted by atomic mass is 9.87. The van der Waals surface area contributed by atoms with E-state index in [4.69, 9.17) is 9.47 Å². The zero-order valence-corrected chi connectivity index (χ0v) is 19.7. The molecular formula is C27H33N3O3. The summed E-state index contributed by atoms with van der Waals surface area (Å²) in [7, 11) is 1.94. The number of esters is 1. The number of carbonyl (C=O) groups excluding carboxylic acids is 1. The third-order valence-electron chi connectivity index (χ3n) is 6.18. The lowest BCUT2D eigenvalue weighted by Gasteiger charge is -2.29. The van der Waals surface area contributed by atoms with Crippen LogP contribution in [0.1, 0.15) is 50.8 Å². The van der Waals surface area contributed by atoms with E-state index in [9.17, 15) is 4.79 Å². The van der Waals surface area contributed by atoms with Crippen molar-refractivity contribution >= 4 is 5.97 Å². The Morgan fingerprint density at radius 2 is 1.82 bits per heavy atom. The Morgan fingerprint density at radius 3 is 2.55 bits per heavy atom. The van der Waals surface area contributed by atoms with Gasteiger partial charge in [0.1, 0.15) is 11.4 Å². The summed E-state index contributed by atoms with van der Waals surface area (Å²) in [6.45, 7) is 3.78. The molecule has 1 unspecified atom stereocenters.